The zero-order valence-electron chi connectivity index (χ0n) is 10.4. The SMILES string of the molecule is Cc1nnc(CCc2ccc(Cl)c(N)c2)nc1C. The number of nitrogen functional groups attached to an aromatic ring is 1. The predicted molar refractivity (Wildman–Crippen MR) is 72.6 cm³/mol. The molecule has 0 aliphatic carbocycles. The van der Waals surface area contributed by atoms with Crippen LogP contribution in [0, 0.1) is 13.8 Å². The first-order valence-electron chi connectivity index (χ1n) is 5.77. The highest BCUT2D eigenvalue weighted by Crippen LogP contribution is 2.20. The number of rotatable bonds is 3. The van der Waals surface area contributed by atoms with Crippen molar-refractivity contribution < 1.29 is 0 Å². The molecule has 1 aromatic heterocycles. The molecule has 0 amide bonds. The number of nitrogens with two attached hydrogens (primary N) is 1. The average molecular weight is 263 g/mol. The molecule has 0 radical (unpaired) electrons. The maximum absolute atomic E-state index is 5.88. The van der Waals surface area contributed by atoms with E-state index >= 15 is 0 Å². The van der Waals surface area contributed by atoms with Gasteiger partial charge >= 0.3 is 0 Å². The molecule has 4 nitrogen and oxygen atoms in total. The van der Waals surface area contributed by atoms with Gasteiger partial charge in [0.1, 0.15) is 0 Å². The van der Waals surface area contributed by atoms with Crippen LogP contribution < -0.4 is 5.73 Å². The highest BCUT2D eigenvalue weighted by molar-refractivity contribution is 6.33. The minimum atomic E-state index is 0.586. The molecular formula is C13H15ClN4. The first-order chi connectivity index (χ1) is 8.56. The highest BCUT2D eigenvalue weighted by atomic mass is 35.5. The third kappa shape index (κ3) is 2.96. The highest BCUT2D eigenvalue weighted by Gasteiger charge is 2.03. The van der Waals surface area contributed by atoms with Crippen molar-refractivity contribution in [2.45, 2.75) is 26.7 Å². The van der Waals surface area contributed by atoms with E-state index in [2.05, 4.69) is 15.2 Å². The number of anilines is 1. The zero-order valence-corrected chi connectivity index (χ0v) is 11.2. The van der Waals surface area contributed by atoms with Crippen LogP contribution in [-0.2, 0) is 12.8 Å². The summed E-state index contributed by atoms with van der Waals surface area (Å²) in [5.74, 6) is 0.756. The summed E-state index contributed by atoms with van der Waals surface area (Å²) in [5.41, 5.74) is 9.28. The third-order valence-corrected chi connectivity index (χ3v) is 3.18. The molecule has 18 heavy (non-hydrogen) atoms. The van der Waals surface area contributed by atoms with E-state index in [0.717, 1.165) is 35.6 Å². The molecule has 0 aliphatic rings. The monoisotopic (exact) mass is 262 g/mol. The van der Waals surface area contributed by atoms with Gasteiger partial charge in [-0.15, -0.1) is 5.10 Å². The van der Waals surface area contributed by atoms with Crippen LogP contribution in [0.3, 0.4) is 0 Å². The molecule has 5 heteroatoms. The van der Waals surface area contributed by atoms with Crippen LogP contribution in [0.2, 0.25) is 5.02 Å². The minimum Gasteiger partial charge on any atom is -0.398 e. The van der Waals surface area contributed by atoms with E-state index in [4.69, 9.17) is 17.3 Å². The van der Waals surface area contributed by atoms with Crippen molar-refractivity contribution in [2.24, 2.45) is 0 Å². The van der Waals surface area contributed by atoms with Gasteiger partial charge < -0.3 is 5.73 Å². The third-order valence-electron chi connectivity index (χ3n) is 2.83. The maximum atomic E-state index is 5.88. The Morgan fingerprint density at radius 1 is 1.11 bits per heavy atom. The Morgan fingerprint density at radius 2 is 1.89 bits per heavy atom. The Bertz CT molecular complexity index is 517. The molecule has 0 saturated carbocycles. The maximum Gasteiger partial charge on any atom is 0.151 e. The van der Waals surface area contributed by atoms with Crippen LogP contribution in [0.5, 0.6) is 0 Å². The molecule has 2 rings (SSSR count). The Balaban J connectivity index is 2.06. The van der Waals surface area contributed by atoms with E-state index < -0.39 is 0 Å². The number of halogens is 1. The quantitative estimate of drug-likeness (QED) is 0.864. The van der Waals surface area contributed by atoms with E-state index in [1.54, 1.807) is 0 Å². The van der Waals surface area contributed by atoms with Gasteiger partial charge in [0.25, 0.3) is 0 Å². The van der Waals surface area contributed by atoms with Gasteiger partial charge in [0.2, 0.25) is 0 Å². The zero-order chi connectivity index (χ0) is 13.1. The lowest BCUT2D eigenvalue weighted by Gasteiger charge is -2.04. The van der Waals surface area contributed by atoms with Gasteiger partial charge in [-0.25, -0.2) is 4.98 Å². The lowest BCUT2D eigenvalue weighted by atomic mass is 10.1. The van der Waals surface area contributed by atoms with Gasteiger partial charge in [-0.3, -0.25) is 0 Å². The summed E-state index contributed by atoms with van der Waals surface area (Å²) in [5, 5.41) is 8.73. The van der Waals surface area contributed by atoms with Crippen molar-refractivity contribution >= 4 is 17.3 Å². The van der Waals surface area contributed by atoms with Crippen molar-refractivity contribution in [3.63, 3.8) is 0 Å². The molecular weight excluding hydrogens is 248 g/mol. The molecule has 1 heterocycles. The molecule has 0 spiro atoms. The van der Waals surface area contributed by atoms with Crippen LogP contribution in [-0.4, -0.2) is 15.2 Å². The summed E-state index contributed by atoms with van der Waals surface area (Å²) in [6.45, 7) is 3.84. The summed E-state index contributed by atoms with van der Waals surface area (Å²) < 4.78 is 0. The lowest BCUT2D eigenvalue weighted by molar-refractivity contribution is 0.772. The van der Waals surface area contributed by atoms with Gasteiger partial charge in [-0.2, -0.15) is 5.10 Å². The number of hydrogen-bond acceptors (Lipinski definition) is 4. The predicted octanol–water partition coefficient (Wildman–Crippen LogP) is 2.51. The van der Waals surface area contributed by atoms with Gasteiger partial charge in [-0.1, -0.05) is 17.7 Å². The largest absolute Gasteiger partial charge is 0.398 e. The second-order valence-electron chi connectivity index (χ2n) is 4.25. The second kappa shape index (κ2) is 5.31. The molecule has 0 atom stereocenters. The first kappa shape index (κ1) is 12.8. The molecule has 0 aliphatic heterocycles. The molecule has 94 valence electrons. The van der Waals surface area contributed by atoms with Crippen LogP contribution in [0.1, 0.15) is 22.8 Å². The summed E-state index contributed by atoms with van der Waals surface area (Å²) in [6.07, 6.45) is 1.57. The fourth-order valence-electron chi connectivity index (χ4n) is 1.61. The van der Waals surface area contributed by atoms with Crippen LogP contribution in [0.4, 0.5) is 5.69 Å². The fraction of sp³-hybridized carbons (Fsp3) is 0.308. The Morgan fingerprint density at radius 3 is 2.56 bits per heavy atom. The van der Waals surface area contributed by atoms with E-state index in [1.807, 2.05) is 32.0 Å². The molecule has 0 bridgehead atoms. The van der Waals surface area contributed by atoms with E-state index in [0.29, 0.717) is 10.7 Å². The van der Waals surface area contributed by atoms with E-state index in [1.165, 1.54) is 0 Å². The van der Waals surface area contributed by atoms with Crippen molar-refractivity contribution in [1.82, 2.24) is 15.2 Å². The van der Waals surface area contributed by atoms with Crippen molar-refractivity contribution in [2.75, 3.05) is 5.73 Å². The van der Waals surface area contributed by atoms with Crippen molar-refractivity contribution in [3.05, 3.63) is 46.0 Å². The molecule has 0 fully saturated rings. The Labute approximate surface area is 111 Å². The van der Waals surface area contributed by atoms with Crippen LogP contribution in [0.25, 0.3) is 0 Å². The molecule has 0 unspecified atom stereocenters. The van der Waals surface area contributed by atoms with E-state index in [9.17, 15) is 0 Å². The molecule has 2 aromatic rings. The summed E-state index contributed by atoms with van der Waals surface area (Å²) >= 11 is 5.88. The number of aryl methyl sites for hydroxylation is 4. The minimum absolute atomic E-state index is 0.586. The second-order valence-corrected chi connectivity index (χ2v) is 4.66. The smallest absolute Gasteiger partial charge is 0.151 e. The average Bonchev–Trinajstić information content (AvgIpc) is 2.35. The van der Waals surface area contributed by atoms with Gasteiger partial charge in [0.05, 0.1) is 22.1 Å². The summed E-state index contributed by atoms with van der Waals surface area (Å²) in [6, 6.07) is 5.66. The Kier molecular flexibility index (Phi) is 3.77. The van der Waals surface area contributed by atoms with Gasteiger partial charge in [0.15, 0.2) is 5.82 Å². The lowest BCUT2D eigenvalue weighted by Crippen LogP contribution is -2.04. The van der Waals surface area contributed by atoms with Crippen LogP contribution >= 0.6 is 11.6 Å². The number of aromatic nitrogens is 3. The number of nitrogens with zero attached hydrogens (tertiary/aromatic N) is 3. The first-order valence-corrected chi connectivity index (χ1v) is 6.15. The number of hydrogen-bond donors (Lipinski definition) is 1. The van der Waals surface area contributed by atoms with Gasteiger partial charge in [0, 0.05) is 6.42 Å². The normalized spacial score (nSPS) is 10.6. The van der Waals surface area contributed by atoms with Crippen molar-refractivity contribution in [1.29, 1.82) is 0 Å². The Hall–Kier alpha value is -1.68. The summed E-state index contributed by atoms with van der Waals surface area (Å²) in [4.78, 5) is 4.40. The number of benzene rings is 1. The van der Waals surface area contributed by atoms with E-state index in [-0.39, 0.29) is 0 Å². The molecule has 0 saturated heterocycles. The standard InChI is InChI=1S/C13H15ClN4/c1-8-9(2)17-18-13(16-8)6-4-10-3-5-11(14)12(15)7-10/h3,5,7H,4,6,15H2,1-2H3. The molecule has 2 N–H and O–H groups in total. The van der Waals surface area contributed by atoms with Gasteiger partial charge in [-0.05, 0) is 38.0 Å². The molecule has 1 aromatic carbocycles. The fourth-order valence-corrected chi connectivity index (χ4v) is 1.73. The van der Waals surface area contributed by atoms with Crippen molar-refractivity contribution in [3.8, 4) is 0 Å². The topological polar surface area (TPSA) is 64.7 Å². The summed E-state index contributed by atoms with van der Waals surface area (Å²) in [7, 11) is 0. The van der Waals surface area contributed by atoms with Crippen LogP contribution in [0.15, 0.2) is 18.2 Å².